The molecule has 0 unspecified atom stereocenters. The lowest BCUT2D eigenvalue weighted by molar-refractivity contribution is -0.384. The Morgan fingerprint density at radius 1 is 0.906 bits per heavy atom. The van der Waals surface area contributed by atoms with Crippen molar-refractivity contribution in [1.82, 2.24) is 8.96 Å². The number of nitrogens with zero attached hydrogens (tertiary/aromatic N) is 3. The summed E-state index contributed by atoms with van der Waals surface area (Å²) in [6.45, 7) is 0. The summed E-state index contributed by atoms with van der Waals surface area (Å²) in [5.74, 6) is 0. The molecule has 2 heterocycles. The molecule has 0 aliphatic heterocycles. The van der Waals surface area contributed by atoms with Crippen LogP contribution in [0.15, 0.2) is 90.0 Å². The molecule has 5 rings (SSSR count). The van der Waals surface area contributed by atoms with Crippen LogP contribution < -0.4 is 0 Å². The van der Waals surface area contributed by atoms with Crippen LogP contribution in [0, 0.1) is 10.1 Å². The van der Waals surface area contributed by atoms with Crippen molar-refractivity contribution in [3.8, 4) is 11.1 Å². The molecule has 0 radical (unpaired) electrons. The van der Waals surface area contributed by atoms with E-state index < -0.39 is 14.9 Å². The SMILES string of the molecule is O=[N+]([O-])c1ccc(-c2ccc3c(c2)c2c(Cl)ccnc2n3S(=O)(=O)c2ccccc2)cc1. The van der Waals surface area contributed by atoms with Gasteiger partial charge in [-0.05, 0) is 53.6 Å². The number of nitro groups is 1. The summed E-state index contributed by atoms with van der Waals surface area (Å²) < 4.78 is 28.2. The van der Waals surface area contributed by atoms with Crippen LogP contribution in [0.25, 0.3) is 33.1 Å². The maximum Gasteiger partial charge on any atom is 0.269 e. The summed E-state index contributed by atoms with van der Waals surface area (Å²) in [7, 11) is -3.94. The van der Waals surface area contributed by atoms with Gasteiger partial charge in [0, 0.05) is 29.1 Å². The first-order valence-corrected chi connectivity index (χ1v) is 11.3. The van der Waals surface area contributed by atoms with E-state index in [9.17, 15) is 18.5 Å². The average molecular weight is 464 g/mol. The van der Waals surface area contributed by atoms with Gasteiger partial charge in [0.25, 0.3) is 15.7 Å². The number of benzene rings is 3. The molecular formula is C23H14ClN3O4S. The quantitative estimate of drug-likeness (QED) is 0.253. The highest BCUT2D eigenvalue weighted by molar-refractivity contribution is 7.90. The fourth-order valence-electron chi connectivity index (χ4n) is 3.75. The molecule has 158 valence electrons. The monoisotopic (exact) mass is 463 g/mol. The second-order valence-corrected chi connectivity index (χ2v) is 9.30. The molecule has 0 N–H and O–H groups in total. The van der Waals surface area contributed by atoms with Gasteiger partial charge in [0.1, 0.15) is 0 Å². The van der Waals surface area contributed by atoms with Crippen molar-refractivity contribution in [2.24, 2.45) is 0 Å². The van der Waals surface area contributed by atoms with Crippen molar-refractivity contribution >= 4 is 49.2 Å². The van der Waals surface area contributed by atoms with Crippen molar-refractivity contribution in [2.75, 3.05) is 0 Å². The first-order valence-electron chi connectivity index (χ1n) is 9.52. The lowest BCUT2D eigenvalue weighted by Gasteiger charge is -2.09. The molecular weight excluding hydrogens is 450 g/mol. The van der Waals surface area contributed by atoms with Crippen LogP contribution in [0.5, 0.6) is 0 Å². The standard InChI is InChI=1S/C23H14ClN3O4S/c24-20-12-13-25-23-22(20)19-14-16(15-6-9-17(10-7-15)27(28)29)8-11-21(19)26(23)32(30,31)18-4-2-1-3-5-18/h1-14H. The number of non-ortho nitro benzene ring substituents is 1. The van der Waals surface area contributed by atoms with E-state index in [1.54, 1.807) is 48.5 Å². The van der Waals surface area contributed by atoms with Gasteiger partial charge in [-0.15, -0.1) is 0 Å². The molecule has 3 aromatic carbocycles. The Morgan fingerprint density at radius 2 is 1.59 bits per heavy atom. The summed E-state index contributed by atoms with van der Waals surface area (Å²) >= 11 is 6.48. The largest absolute Gasteiger partial charge is 0.269 e. The average Bonchev–Trinajstić information content (AvgIpc) is 3.15. The van der Waals surface area contributed by atoms with Crippen molar-refractivity contribution in [2.45, 2.75) is 4.90 Å². The van der Waals surface area contributed by atoms with Crippen molar-refractivity contribution in [1.29, 1.82) is 0 Å². The highest BCUT2D eigenvalue weighted by Gasteiger charge is 2.25. The predicted molar refractivity (Wildman–Crippen MR) is 123 cm³/mol. The molecule has 0 aliphatic carbocycles. The van der Waals surface area contributed by atoms with E-state index in [-0.39, 0.29) is 16.2 Å². The van der Waals surface area contributed by atoms with Gasteiger partial charge in [-0.2, -0.15) is 0 Å². The number of aromatic nitrogens is 2. The Bertz CT molecular complexity index is 1610. The molecule has 0 spiro atoms. The maximum absolute atomic E-state index is 13.5. The number of rotatable bonds is 4. The molecule has 0 aliphatic rings. The van der Waals surface area contributed by atoms with E-state index in [1.165, 1.54) is 34.4 Å². The normalized spacial score (nSPS) is 11.8. The number of hydrogen-bond donors (Lipinski definition) is 0. The summed E-state index contributed by atoms with van der Waals surface area (Å²) in [6.07, 6.45) is 1.47. The van der Waals surface area contributed by atoms with Crippen molar-refractivity contribution in [3.05, 3.63) is 100 Å². The smallest absolute Gasteiger partial charge is 0.258 e. The maximum atomic E-state index is 13.5. The highest BCUT2D eigenvalue weighted by atomic mass is 35.5. The lowest BCUT2D eigenvalue weighted by atomic mass is 10.0. The van der Waals surface area contributed by atoms with Gasteiger partial charge in [0.05, 0.1) is 20.4 Å². The van der Waals surface area contributed by atoms with Gasteiger partial charge < -0.3 is 0 Å². The molecule has 0 fully saturated rings. The van der Waals surface area contributed by atoms with E-state index in [0.29, 0.717) is 21.3 Å². The van der Waals surface area contributed by atoms with Crippen LogP contribution in [0.1, 0.15) is 0 Å². The summed E-state index contributed by atoms with van der Waals surface area (Å²) in [4.78, 5) is 15.0. The van der Waals surface area contributed by atoms with Gasteiger partial charge in [0.2, 0.25) is 0 Å². The molecule has 0 saturated heterocycles. The fraction of sp³-hybridized carbons (Fsp3) is 0. The van der Waals surface area contributed by atoms with Gasteiger partial charge in [-0.3, -0.25) is 10.1 Å². The third-order valence-electron chi connectivity index (χ3n) is 5.25. The summed E-state index contributed by atoms with van der Waals surface area (Å²) in [5.41, 5.74) is 2.19. The molecule has 9 heteroatoms. The zero-order valence-corrected chi connectivity index (χ0v) is 17.9. The van der Waals surface area contributed by atoms with Crippen LogP contribution in [-0.4, -0.2) is 22.3 Å². The molecule has 2 aromatic heterocycles. The second-order valence-electron chi connectivity index (χ2n) is 7.11. The minimum absolute atomic E-state index is 0.00682. The molecule has 0 atom stereocenters. The minimum atomic E-state index is -3.94. The van der Waals surface area contributed by atoms with Crippen molar-refractivity contribution < 1.29 is 13.3 Å². The van der Waals surface area contributed by atoms with Crippen molar-refractivity contribution in [3.63, 3.8) is 0 Å². The second kappa shape index (κ2) is 7.44. The Kier molecular flexibility index (Phi) is 4.69. The molecule has 7 nitrogen and oxygen atoms in total. The van der Waals surface area contributed by atoms with E-state index in [1.807, 2.05) is 6.07 Å². The predicted octanol–water partition coefficient (Wildman–Crippen LogP) is 5.66. The Labute approximate surface area is 187 Å². The van der Waals surface area contributed by atoms with Crippen LogP contribution in [0.2, 0.25) is 5.02 Å². The number of halogens is 1. The summed E-state index contributed by atoms with van der Waals surface area (Å²) in [6, 6.07) is 21.2. The van der Waals surface area contributed by atoms with Crippen LogP contribution in [-0.2, 0) is 10.0 Å². The van der Waals surface area contributed by atoms with Gasteiger partial charge in [-0.1, -0.05) is 35.9 Å². The van der Waals surface area contributed by atoms with E-state index >= 15 is 0 Å². The fourth-order valence-corrected chi connectivity index (χ4v) is 5.49. The van der Waals surface area contributed by atoms with Crippen LogP contribution >= 0.6 is 11.6 Å². The molecule has 0 amide bonds. The number of nitro benzene ring substituents is 1. The van der Waals surface area contributed by atoms with Gasteiger partial charge in [0.15, 0.2) is 5.65 Å². The number of fused-ring (bicyclic) bond motifs is 3. The molecule has 5 aromatic rings. The topological polar surface area (TPSA) is 95.1 Å². The van der Waals surface area contributed by atoms with Gasteiger partial charge >= 0.3 is 0 Å². The zero-order chi connectivity index (χ0) is 22.5. The Hall–Kier alpha value is -3.75. The first-order chi connectivity index (χ1) is 15.4. The van der Waals surface area contributed by atoms with E-state index in [4.69, 9.17) is 11.6 Å². The number of pyridine rings is 1. The first kappa shape index (κ1) is 20.2. The molecule has 32 heavy (non-hydrogen) atoms. The van der Waals surface area contributed by atoms with Crippen LogP contribution in [0.4, 0.5) is 5.69 Å². The van der Waals surface area contributed by atoms with Crippen LogP contribution in [0.3, 0.4) is 0 Å². The lowest BCUT2D eigenvalue weighted by Crippen LogP contribution is -2.13. The third kappa shape index (κ3) is 3.12. The number of hydrogen-bond acceptors (Lipinski definition) is 5. The van der Waals surface area contributed by atoms with E-state index in [0.717, 1.165) is 11.1 Å². The van der Waals surface area contributed by atoms with E-state index in [2.05, 4.69) is 4.98 Å². The minimum Gasteiger partial charge on any atom is -0.258 e. The highest BCUT2D eigenvalue weighted by Crippen LogP contribution is 2.37. The Morgan fingerprint density at radius 3 is 2.28 bits per heavy atom. The van der Waals surface area contributed by atoms with Gasteiger partial charge in [-0.25, -0.2) is 17.4 Å². The molecule has 0 saturated carbocycles. The summed E-state index contributed by atoms with van der Waals surface area (Å²) in [5, 5.41) is 12.5. The Balaban J connectivity index is 1.80. The zero-order valence-electron chi connectivity index (χ0n) is 16.3. The molecule has 0 bridgehead atoms. The third-order valence-corrected chi connectivity index (χ3v) is 7.28.